The molecule has 9 heteroatoms. The van der Waals surface area contributed by atoms with E-state index in [-0.39, 0.29) is 11.4 Å². The van der Waals surface area contributed by atoms with E-state index in [1.807, 2.05) is 0 Å². The van der Waals surface area contributed by atoms with Crippen LogP contribution in [0.1, 0.15) is 12.1 Å². The van der Waals surface area contributed by atoms with Crippen molar-refractivity contribution in [1.29, 1.82) is 0 Å². The van der Waals surface area contributed by atoms with Crippen molar-refractivity contribution in [2.75, 3.05) is 12.8 Å². The van der Waals surface area contributed by atoms with Crippen molar-refractivity contribution in [1.82, 2.24) is 4.98 Å². The number of rotatable bonds is 3. The van der Waals surface area contributed by atoms with Crippen molar-refractivity contribution in [2.45, 2.75) is 11.5 Å². The Morgan fingerprint density at radius 2 is 2.12 bits per heavy atom. The van der Waals surface area contributed by atoms with E-state index in [2.05, 4.69) is 9.72 Å². The van der Waals surface area contributed by atoms with E-state index >= 15 is 0 Å². The molecule has 1 rings (SSSR count). The minimum absolute atomic E-state index is 0.295. The second-order valence-electron chi connectivity index (χ2n) is 2.71. The third-order valence-electron chi connectivity index (χ3n) is 1.67. The monoisotopic (exact) mass is 272 g/mol. The van der Waals surface area contributed by atoms with Crippen molar-refractivity contribution in [3.05, 3.63) is 11.8 Å². The SMILES string of the molecule is COc1cc(N)c(S(=O)(=O)Cl)nc1C(F)F. The lowest BCUT2D eigenvalue weighted by atomic mass is 10.3. The molecule has 0 amide bonds. The van der Waals surface area contributed by atoms with Crippen molar-refractivity contribution < 1.29 is 21.9 Å². The van der Waals surface area contributed by atoms with Crippen molar-refractivity contribution >= 4 is 25.4 Å². The van der Waals surface area contributed by atoms with E-state index in [0.717, 1.165) is 13.2 Å². The summed E-state index contributed by atoms with van der Waals surface area (Å²) in [6.45, 7) is 0. The molecule has 0 radical (unpaired) electrons. The van der Waals surface area contributed by atoms with E-state index < -0.39 is 26.2 Å². The smallest absolute Gasteiger partial charge is 0.284 e. The first-order chi connectivity index (χ1) is 7.27. The highest BCUT2D eigenvalue weighted by Gasteiger charge is 2.24. The first-order valence-corrected chi connectivity index (χ1v) is 6.15. The van der Waals surface area contributed by atoms with Crippen LogP contribution in [0.2, 0.25) is 0 Å². The van der Waals surface area contributed by atoms with Gasteiger partial charge in [0.1, 0.15) is 11.4 Å². The zero-order valence-corrected chi connectivity index (χ0v) is 9.52. The van der Waals surface area contributed by atoms with Crippen LogP contribution in [0, 0.1) is 0 Å². The molecule has 0 spiro atoms. The summed E-state index contributed by atoms with van der Waals surface area (Å²) in [5.41, 5.74) is 4.13. The van der Waals surface area contributed by atoms with Gasteiger partial charge in [-0.3, -0.25) is 0 Å². The van der Waals surface area contributed by atoms with E-state index in [0.29, 0.717) is 0 Å². The molecule has 0 saturated carbocycles. The van der Waals surface area contributed by atoms with Crippen LogP contribution in [-0.4, -0.2) is 20.5 Å². The largest absolute Gasteiger partial charge is 0.495 e. The predicted molar refractivity (Wildman–Crippen MR) is 53.2 cm³/mol. The van der Waals surface area contributed by atoms with Gasteiger partial charge >= 0.3 is 0 Å². The molecular formula is C7H7ClF2N2O3S. The fraction of sp³-hybridized carbons (Fsp3) is 0.286. The van der Waals surface area contributed by atoms with Gasteiger partial charge in [0.25, 0.3) is 15.5 Å². The first kappa shape index (κ1) is 12.9. The van der Waals surface area contributed by atoms with Crippen molar-refractivity contribution in [2.24, 2.45) is 0 Å². The molecule has 0 atom stereocenters. The van der Waals surface area contributed by atoms with E-state index in [1.165, 1.54) is 0 Å². The molecule has 0 aliphatic heterocycles. The average Bonchev–Trinajstić information content (AvgIpc) is 2.14. The fourth-order valence-corrected chi connectivity index (χ4v) is 1.94. The Hall–Kier alpha value is -1.15. The summed E-state index contributed by atoms with van der Waals surface area (Å²) in [4.78, 5) is 3.19. The number of halogens is 3. The van der Waals surface area contributed by atoms with Crippen LogP contribution < -0.4 is 10.5 Å². The number of anilines is 1. The number of nitrogens with zero attached hydrogens (tertiary/aromatic N) is 1. The van der Waals surface area contributed by atoms with E-state index in [9.17, 15) is 17.2 Å². The van der Waals surface area contributed by atoms with Gasteiger partial charge < -0.3 is 10.5 Å². The number of aromatic nitrogens is 1. The molecule has 90 valence electrons. The maximum Gasteiger partial charge on any atom is 0.284 e. The minimum atomic E-state index is -4.27. The number of hydrogen-bond donors (Lipinski definition) is 1. The molecule has 1 heterocycles. The molecule has 0 fully saturated rings. The topological polar surface area (TPSA) is 82.3 Å². The molecule has 0 aliphatic rings. The summed E-state index contributed by atoms with van der Waals surface area (Å²) in [6, 6.07) is 0.934. The third kappa shape index (κ3) is 2.50. The normalized spacial score (nSPS) is 11.8. The molecule has 0 bridgehead atoms. The third-order valence-corrected chi connectivity index (χ3v) is 2.89. The number of hydrogen-bond acceptors (Lipinski definition) is 5. The summed E-state index contributed by atoms with van der Waals surface area (Å²) >= 11 is 0. The highest BCUT2D eigenvalue weighted by atomic mass is 35.7. The molecule has 1 aromatic rings. The zero-order valence-electron chi connectivity index (χ0n) is 7.95. The summed E-state index contributed by atoms with van der Waals surface area (Å²) in [7, 11) is 1.85. The number of nitrogens with two attached hydrogens (primary N) is 1. The molecule has 5 nitrogen and oxygen atoms in total. The molecular weight excluding hydrogens is 266 g/mol. The highest BCUT2D eigenvalue weighted by Crippen LogP contribution is 2.32. The van der Waals surface area contributed by atoms with Gasteiger partial charge in [0.05, 0.1) is 12.8 Å². The summed E-state index contributed by atoms with van der Waals surface area (Å²) in [5, 5.41) is -0.801. The van der Waals surface area contributed by atoms with Gasteiger partial charge in [0.2, 0.25) is 0 Å². The van der Waals surface area contributed by atoms with Gasteiger partial charge in [-0.1, -0.05) is 0 Å². The number of ether oxygens (including phenoxy) is 1. The lowest BCUT2D eigenvalue weighted by Crippen LogP contribution is -2.06. The maximum atomic E-state index is 12.5. The van der Waals surface area contributed by atoms with Crippen LogP contribution >= 0.6 is 10.7 Å². The number of methoxy groups -OCH3 is 1. The molecule has 0 saturated heterocycles. The quantitative estimate of drug-likeness (QED) is 0.844. The van der Waals surface area contributed by atoms with Gasteiger partial charge in [-0.05, 0) is 0 Å². The van der Waals surface area contributed by atoms with Crippen LogP contribution in [0.5, 0.6) is 5.75 Å². The van der Waals surface area contributed by atoms with Crippen LogP contribution in [-0.2, 0) is 9.05 Å². The second-order valence-corrected chi connectivity index (χ2v) is 5.19. The van der Waals surface area contributed by atoms with Crippen LogP contribution in [0.3, 0.4) is 0 Å². The standard InChI is InChI=1S/C7H7ClF2N2O3S/c1-15-4-2-3(11)7(16(8,13)14)12-5(4)6(9)10/h2,6H,11H2,1H3. The second kappa shape index (κ2) is 4.38. The average molecular weight is 273 g/mol. The van der Waals surface area contributed by atoms with Crippen LogP contribution in [0.25, 0.3) is 0 Å². The highest BCUT2D eigenvalue weighted by molar-refractivity contribution is 8.13. The molecule has 0 aromatic carbocycles. The summed E-state index contributed by atoms with van der Waals surface area (Å²) < 4.78 is 51.5. The molecule has 1 aromatic heterocycles. The lowest BCUT2D eigenvalue weighted by molar-refractivity contribution is 0.140. The Morgan fingerprint density at radius 3 is 2.50 bits per heavy atom. The van der Waals surface area contributed by atoms with Gasteiger partial charge in [-0.25, -0.2) is 22.2 Å². The fourth-order valence-electron chi connectivity index (χ4n) is 1.02. The zero-order chi connectivity index (χ0) is 12.5. The minimum Gasteiger partial charge on any atom is -0.495 e. The van der Waals surface area contributed by atoms with Gasteiger partial charge in [0, 0.05) is 16.7 Å². The number of nitrogen functional groups attached to an aromatic ring is 1. The molecule has 16 heavy (non-hydrogen) atoms. The van der Waals surface area contributed by atoms with Crippen molar-refractivity contribution in [3.63, 3.8) is 0 Å². The summed E-state index contributed by atoms with van der Waals surface area (Å²) in [6.07, 6.45) is -2.99. The lowest BCUT2D eigenvalue weighted by Gasteiger charge is -2.09. The Balaban J connectivity index is 3.52. The molecule has 0 unspecified atom stereocenters. The molecule has 2 N–H and O–H groups in total. The number of pyridine rings is 1. The van der Waals surface area contributed by atoms with Crippen LogP contribution in [0.15, 0.2) is 11.1 Å². The van der Waals surface area contributed by atoms with Gasteiger partial charge in [-0.15, -0.1) is 0 Å². The molecule has 0 aliphatic carbocycles. The van der Waals surface area contributed by atoms with Crippen LogP contribution in [0.4, 0.5) is 14.5 Å². The van der Waals surface area contributed by atoms with Gasteiger partial charge in [0.15, 0.2) is 5.03 Å². The predicted octanol–water partition coefficient (Wildman–Crippen LogP) is 1.54. The maximum absolute atomic E-state index is 12.5. The summed E-state index contributed by atoms with van der Waals surface area (Å²) in [5.74, 6) is -0.295. The Kier molecular flexibility index (Phi) is 3.54. The number of alkyl halides is 2. The Bertz CT molecular complexity index is 507. The van der Waals surface area contributed by atoms with E-state index in [4.69, 9.17) is 16.4 Å². The van der Waals surface area contributed by atoms with E-state index in [1.54, 1.807) is 0 Å². The van der Waals surface area contributed by atoms with Gasteiger partial charge in [-0.2, -0.15) is 0 Å². The Morgan fingerprint density at radius 1 is 1.56 bits per heavy atom. The van der Waals surface area contributed by atoms with Crippen molar-refractivity contribution in [3.8, 4) is 5.75 Å². The Labute approximate surface area is 94.6 Å². The first-order valence-electron chi connectivity index (χ1n) is 3.84.